The first-order chi connectivity index (χ1) is 15.6. The van der Waals surface area contributed by atoms with E-state index in [1.54, 1.807) is 12.1 Å². The number of rotatable bonds is 4. The van der Waals surface area contributed by atoms with Crippen molar-refractivity contribution >= 4 is 23.2 Å². The molecule has 4 aromatic rings. The number of amides is 1. The van der Waals surface area contributed by atoms with Gasteiger partial charge in [-0.1, -0.05) is 35.9 Å². The molecule has 4 rings (SSSR count). The number of para-hydroxylation sites is 1. The Morgan fingerprint density at radius 3 is 2.27 bits per heavy atom. The molecule has 1 aromatic heterocycles. The zero-order valence-corrected chi connectivity index (χ0v) is 17.3. The Kier molecular flexibility index (Phi) is 5.90. The highest BCUT2D eigenvalue weighted by atomic mass is 35.5. The Balaban J connectivity index is 1.68. The highest BCUT2D eigenvalue weighted by molar-refractivity contribution is 6.32. The number of nitrogens with one attached hydrogen (secondary N) is 1. The minimum atomic E-state index is -4.68. The highest BCUT2D eigenvalue weighted by Crippen LogP contribution is 2.34. The van der Waals surface area contributed by atoms with E-state index in [0.717, 1.165) is 22.9 Å². The van der Waals surface area contributed by atoms with Crippen molar-refractivity contribution < 1.29 is 26.7 Å². The number of hydrogen-bond donors (Lipinski definition) is 1. The van der Waals surface area contributed by atoms with E-state index in [2.05, 4.69) is 10.4 Å². The summed E-state index contributed by atoms with van der Waals surface area (Å²) in [6, 6.07) is 15.5. The number of benzene rings is 3. The Morgan fingerprint density at radius 1 is 0.939 bits per heavy atom. The molecule has 10 heteroatoms. The van der Waals surface area contributed by atoms with Gasteiger partial charge in [-0.15, -0.1) is 0 Å². The van der Waals surface area contributed by atoms with Crippen LogP contribution in [0.2, 0.25) is 5.02 Å². The summed E-state index contributed by atoms with van der Waals surface area (Å²) in [6.07, 6.45) is -4.68. The smallest absolute Gasteiger partial charge is 0.319 e. The van der Waals surface area contributed by atoms with Gasteiger partial charge < -0.3 is 5.32 Å². The van der Waals surface area contributed by atoms with Crippen molar-refractivity contribution in [3.05, 3.63) is 101 Å². The second kappa shape index (κ2) is 8.67. The van der Waals surface area contributed by atoms with Crippen LogP contribution in [0.15, 0.2) is 72.8 Å². The van der Waals surface area contributed by atoms with Crippen LogP contribution in [0.5, 0.6) is 0 Å². The van der Waals surface area contributed by atoms with Gasteiger partial charge in [0.1, 0.15) is 11.6 Å². The van der Waals surface area contributed by atoms with E-state index in [4.69, 9.17) is 11.6 Å². The van der Waals surface area contributed by atoms with Crippen LogP contribution in [0.4, 0.5) is 27.6 Å². The average Bonchev–Trinajstić information content (AvgIpc) is 3.22. The summed E-state index contributed by atoms with van der Waals surface area (Å²) in [5, 5.41) is 6.19. The fourth-order valence-electron chi connectivity index (χ4n) is 3.11. The lowest BCUT2D eigenvalue weighted by molar-refractivity contribution is -0.141. The molecule has 4 nitrogen and oxygen atoms in total. The van der Waals surface area contributed by atoms with Crippen LogP contribution in [-0.4, -0.2) is 15.7 Å². The van der Waals surface area contributed by atoms with E-state index in [1.165, 1.54) is 36.4 Å². The van der Waals surface area contributed by atoms with Crippen LogP contribution in [0.3, 0.4) is 0 Å². The van der Waals surface area contributed by atoms with Gasteiger partial charge in [0.2, 0.25) is 0 Å². The monoisotopic (exact) mass is 477 g/mol. The quantitative estimate of drug-likeness (QED) is 0.331. The Bertz CT molecular complexity index is 1330. The minimum absolute atomic E-state index is 0.104. The molecule has 0 atom stereocenters. The summed E-state index contributed by atoms with van der Waals surface area (Å²) >= 11 is 6.16. The largest absolute Gasteiger partial charge is 0.435 e. The summed E-state index contributed by atoms with van der Waals surface area (Å²) in [4.78, 5) is 12.4. The van der Waals surface area contributed by atoms with Gasteiger partial charge in [-0.3, -0.25) is 4.79 Å². The minimum Gasteiger partial charge on any atom is -0.319 e. The van der Waals surface area contributed by atoms with E-state index < -0.39 is 29.4 Å². The second-order valence-electron chi connectivity index (χ2n) is 6.93. The van der Waals surface area contributed by atoms with Gasteiger partial charge in [-0.25, -0.2) is 13.5 Å². The summed E-state index contributed by atoms with van der Waals surface area (Å²) in [7, 11) is 0. The van der Waals surface area contributed by atoms with Crippen molar-refractivity contribution in [2.24, 2.45) is 0 Å². The lowest BCUT2D eigenvalue weighted by Gasteiger charge is -2.10. The van der Waals surface area contributed by atoms with Gasteiger partial charge in [0.05, 0.1) is 22.1 Å². The maximum Gasteiger partial charge on any atom is 0.435 e. The molecule has 0 saturated heterocycles. The number of carbonyl (C=O) groups excluding carboxylic acids is 1. The Labute approximate surface area is 189 Å². The Morgan fingerprint density at radius 2 is 1.64 bits per heavy atom. The predicted octanol–water partition coefficient (Wildman–Crippen LogP) is 6.74. The molecule has 0 aliphatic heterocycles. The van der Waals surface area contributed by atoms with E-state index in [1.807, 2.05) is 0 Å². The van der Waals surface area contributed by atoms with Gasteiger partial charge in [-0.05, 0) is 42.5 Å². The zero-order chi connectivity index (χ0) is 23.8. The fourth-order valence-corrected chi connectivity index (χ4v) is 3.33. The third-order valence-electron chi connectivity index (χ3n) is 4.70. The number of carbonyl (C=O) groups is 1. The van der Waals surface area contributed by atoms with Crippen molar-refractivity contribution in [1.29, 1.82) is 0 Å². The van der Waals surface area contributed by atoms with Crippen molar-refractivity contribution in [3.8, 4) is 16.9 Å². The first-order valence-corrected chi connectivity index (χ1v) is 9.80. The van der Waals surface area contributed by atoms with E-state index in [0.29, 0.717) is 11.6 Å². The lowest BCUT2D eigenvalue weighted by atomic mass is 10.1. The molecule has 33 heavy (non-hydrogen) atoms. The maximum absolute atomic E-state index is 13.8. The van der Waals surface area contributed by atoms with Crippen LogP contribution in [-0.2, 0) is 6.18 Å². The maximum atomic E-state index is 13.8. The second-order valence-corrected chi connectivity index (χ2v) is 7.34. The number of halogens is 6. The number of aromatic nitrogens is 2. The van der Waals surface area contributed by atoms with Gasteiger partial charge in [0.15, 0.2) is 5.69 Å². The van der Waals surface area contributed by atoms with E-state index in [9.17, 15) is 26.7 Å². The zero-order valence-electron chi connectivity index (χ0n) is 16.5. The molecule has 168 valence electrons. The summed E-state index contributed by atoms with van der Waals surface area (Å²) in [6.45, 7) is 0. The topological polar surface area (TPSA) is 46.9 Å². The highest BCUT2D eigenvalue weighted by Gasteiger charge is 2.35. The molecule has 1 heterocycles. The van der Waals surface area contributed by atoms with Crippen molar-refractivity contribution in [2.75, 3.05) is 5.32 Å². The molecular weight excluding hydrogens is 465 g/mol. The molecule has 0 fully saturated rings. The average molecular weight is 478 g/mol. The molecule has 0 aliphatic carbocycles. The van der Waals surface area contributed by atoms with Gasteiger partial charge in [-0.2, -0.15) is 18.3 Å². The SMILES string of the molecule is O=C(Nc1ccc(F)cc1F)c1ccc(-c2cc(C(F)(F)F)nn2-c2ccccc2Cl)cc1. The van der Waals surface area contributed by atoms with Crippen molar-refractivity contribution in [3.63, 3.8) is 0 Å². The molecule has 1 amide bonds. The summed E-state index contributed by atoms with van der Waals surface area (Å²) in [5.74, 6) is -2.41. The van der Waals surface area contributed by atoms with Gasteiger partial charge >= 0.3 is 6.18 Å². The van der Waals surface area contributed by atoms with Crippen LogP contribution < -0.4 is 5.32 Å². The van der Waals surface area contributed by atoms with Gasteiger partial charge in [0, 0.05) is 17.2 Å². The number of alkyl halides is 3. The first kappa shape index (κ1) is 22.5. The van der Waals surface area contributed by atoms with Crippen LogP contribution in [0, 0.1) is 11.6 Å². The molecule has 0 saturated carbocycles. The molecule has 0 aliphatic rings. The van der Waals surface area contributed by atoms with Gasteiger partial charge in [0.25, 0.3) is 5.91 Å². The summed E-state index contributed by atoms with van der Waals surface area (Å²) < 4.78 is 67.9. The third-order valence-corrected chi connectivity index (χ3v) is 5.02. The van der Waals surface area contributed by atoms with Crippen LogP contribution in [0.1, 0.15) is 16.1 Å². The molecular formula is C23H13ClF5N3O. The van der Waals surface area contributed by atoms with E-state index >= 15 is 0 Å². The van der Waals surface area contributed by atoms with Crippen LogP contribution in [0.25, 0.3) is 16.9 Å². The van der Waals surface area contributed by atoms with Crippen molar-refractivity contribution in [2.45, 2.75) is 6.18 Å². The standard InChI is InChI=1S/C23H13ClF5N3O/c24-16-3-1-2-4-19(16)32-20(12-21(31-32)23(27,28)29)13-5-7-14(8-6-13)22(33)30-18-10-9-15(25)11-17(18)26/h1-12H,(H,30,33). The molecule has 0 radical (unpaired) electrons. The van der Waals surface area contributed by atoms with Crippen LogP contribution >= 0.6 is 11.6 Å². The van der Waals surface area contributed by atoms with Crippen molar-refractivity contribution in [1.82, 2.24) is 9.78 Å². The molecule has 3 aromatic carbocycles. The number of anilines is 1. The summed E-state index contributed by atoms with van der Waals surface area (Å²) in [5.41, 5.74) is -0.516. The number of nitrogens with zero attached hydrogens (tertiary/aromatic N) is 2. The first-order valence-electron chi connectivity index (χ1n) is 9.42. The fraction of sp³-hybridized carbons (Fsp3) is 0.0435. The van der Waals surface area contributed by atoms with E-state index in [-0.39, 0.29) is 27.7 Å². The normalized spacial score (nSPS) is 11.5. The molecule has 1 N–H and O–H groups in total. The number of hydrogen-bond acceptors (Lipinski definition) is 2. The molecule has 0 unspecified atom stereocenters. The molecule has 0 spiro atoms. The Hall–Kier alpha value is -3.72. The predicted molar refractivity (Wildman–Crippen MR) is 113 cm³/mol. The lowest BCUT2D eigenvalue weighted by Crippen LogP contribution is -2.13. The third kappa shape index (κ3) is 4.73. The molecule has 0 bridgehead atoms.